The summed E-state index contributed by atoms with van der Waals surface area (Å²) < 4.78 is 0. The number of benzene rings is 1. The van der Waals surface area contributed by atoms with E-state index in [0.717, 1.165) is 31.4 Å². The number of urea groups is 1. The zero-order chi connectivity index (χ0) is 18.5. The molecule has 1 saturated heterocycles. The fourth-order valence-corrected chi connectivity index (χ4v) is 3.19. The van der Waals surface area contributed by atoms with Crippen molar-refractivity contribution in [1.82, 2.24) is 15.1 Å². The summed E-state index contributed by atoms with van der Waals surface area (Å²) in [4.78, 5) is 40.1. The van der Waals surface area contributed by atoms with Crippen LogP contribution in [-0.4, -0.2) is 60.4 Å². The Morgan fingerprint density at radius 1 is 1.15 bits per heavy atom. The van der Waals surface area contributed by atoms with E-state index in [1.54, 1.807) is 11.9 Å². The second kappa shape index (κ2) is 8.21. The van der Waals surface area contributed by atoms with Crippen molar-refractivity contribution in [2.45, 2.75) is 31.7 Å². The molecule has 2 fully saturated rings. The Balaban J connectivity index is 1.50. The van der Waals surface area contributed by atoms with E-state index in [-0.39, 0.29) is 36.3 Å². The SMILES string of the molecule is CN(CC(=O)NC1CC1)C(=O)C1CCCN(C(=O)Nc2ccccc2)C1. The first-order valence-electron chi connectivity index (χ1n) is 9.18. The van der Waals surface area contributed by atoms with Gasteiger partial charge in [-0.15, -0.1) is 0 Å². The number of likely N-dealkylation sites (N-methyl/N-ethyl adjacent to an activating group) is 1. The molecule has 0 spiro atoms. The average molecular weight is 358 g/mol. The zero-order valence-corrected chi connectivity index (χ0v) is 15.1. The molecule has 2 N–H and O–H groups in total. The van der Waals surface area contributed by atoms with Crippen LogP contribution < -0.4 is 10.6 Å². The molecule has 1 unspecified atom stereocenters. The molecule has 1 aromatic rings. The van der Waals surface area contributed by atoms with Gasteiger partial charge in [0.25, 0.3) is 0 Å². The maximum atomic E-state index is 12.6. The van der Waals surface area contributed by atoms with Crippen molar-refractivity contribution in [2.24, 2.45) is 5.92 Å². The number of piperidine rings is 1. The van der Waals surface area contributed by atoms with Gasteiger partial charge in [-0.1, -0.05) is 18.2 Å². The lowest BCUT2D eigenvalue weighted by molar-refractivity contribution is -0.139. The first kappa shape index (κ1) is 18.2. The normalized spacial score (nSPS) is 19.6. The van der Waals surface area contributed by atoms with Gasteiger partial charge >= 0.3 is 6.03 Å². The number of hydrogen-bond acceptors (Lipinski definition) is 3. The van der Waals surface area contributed by atoms with Crippen LogP contribution in [0, 0.1) is 5.92 Å². The fourth-order valence-electron chi connectivity index (χ4n) is 3.19. The van der Waals surface area contributed by atoms with Crippen molar-refractivity contribution in [3.8, 4) is 0 Å². The van der Waals surface area contributed by atoms with E-state index < -0.39 is 0 Å². The molecular weight excluding hydrogens is 332 g/mol. The van der Waals surface area contributed by atoms with Gasteiger partial charge in [0.15, 0.2) is 0 Å². The molecule has 7 heteroatoms. The summed E-state index contributed by atoms with van der Waals surface area (Å²) in [5.74, 6) is -0.449. The Labute approximate surface area is 153 Å². The number of para-hydroxylation sites is 1. The zero-order valence-electron chi connectivity index (χ0n) is 15.1. The molecule has 1 heterocycles. The lowest BCUT2D eigenvalue weighted by Gasteiger charge is -2.33. The van der Waals surface area contributed by atoms with E-state index in [9.17, 15) is 14.4 Å². The number of carbonyl (C=O) groups is 3. The lowest BCUT2D eigenvalue weighted by Crippen LogP contribution is -2.48. The minimum absolute atomic E-state index is 0.0715. The number of rotatable bonds is 5. The summed E-state index contributed by atoms with van der Waals surface area (Å²) >= 11 is 0. The summed E-state index contributed by atoms with van der Waals surface area (Å²) in [5, 5.41) is 5.75. The van der Waals surface area contributed by atoms with Crippen LogP contribution in [0.1, 0.15) is 25.7 Å². The quantitative estimate of drug-likeness (QED) is 0.840. The minimum Gasteiger partial charge on any atom is -0.352 e. The Morgan fingerprint density at radius 2 is 1.88 bits per heavy atom. The summed E-state index contributed by atoms with van der Waals surface area (Å²) in [6.07, 6.45) is 3.57. The maximum absolute atomic E-state index is 12.6. The van der Waals surface area contributed by atoms with Gasteiger partial charge < -0.3 is 20.4 Å². The van der Waals surface area contributed by atoms with Gasteiger partial charge in [0, 0.05) is 31.9 Å². The van der Waals surface area contributed by atoms with Crippen LogP contribution in [0.3, 0.4) is 0 Å². The molecule has 140 valence electrons. The van der Waals surface area contributed by atoms with Crippen molar-refractivity contribution >= 4 is 23.5 Å². The second-order valence-electron chi connectivity index (χ2n) is 7.12. The smallest absolute Gasteiger partial charge is 0.321 e. The standard InChI is InChI=1S/C19H26N4O3/c1-22(13-17(24)20-16-9-10-16)18(25)14-6-5-11-23(12-14)19(26)21-15-7-3-2-4-8-15/h2-4,7-8,14,16H,5-6,9-13H2,1H3,(H,20,24)(H,21,26). The summed E-state index contributed by atoms with van der Waals surface area (Å²) in [7, 11) is 1.65. The molecule has 4 amide bonds. The van der Waals surface area contributed by atoms with E-state index >= 15 is 0 Å². The molecule has 0 radical (unpaired) electrons. The van der Waals surface area contributed by atoms with Crippen LogP contribution in [0.5, 0.6) is 0 Å². The number of carbonyl (C=O) groups excluding carboxylic acids is 3. The summed E-state index contributed by atoms with van der Waals surface area (Å²) in [5.41, 5.74) is 0.736. The highest BCUT2D eigenvalue weighted by molar-refractivity contribution is 5.90. The van der Waals surface area contributed by atoms with Gasteiger partial charge in [-0.05, 0) is 37.8 Å². The summed E-state index contributed by atoms with van der Waals surface area (Å²) in [6.45, 7) is 1.09. The van der Waals surface area contributed by atoms with Crippen LogP contribution in [0.15, 0.2) is 30.3 Å². The molecular formula is C19H26N4O3. The summed E-state index contributed by atoms with van der Waals surface area (Å²) in [6, 6.07) is 9.37. The predicted molar refractivity (Wildman–Crippen MR) is 98.6 cm³/mol. The highest BCUT2D eigenvalue weighted by Gasteiger charge is 2.31. The van der Waals surface area contributed by atoms with E-state index in [1.807, 2.05) is 30.3 Å². The molecule has 1 aliphatic heterocycles. The molecule has 0 aromatic heterocycles. The van der Waals surface area contributed by atoms with Crippen LogP contribution in [0.2, 0.25) is 0 Å². The van der Waals surface area contributed by atoms with Gasteiger partial charge in [0.1, 0.15) is 0 Å². The number of likely N-dealkylation sites (tertiary alicyclic amines) is 1. The largest absolute Gasteiger partial charge is 0.352 e. The molecule has 2 aliphatic rings. The number of hydrogen-bond donors (Lipinski definition) is 2. The first-order valence-corrected chi connectivity index (χ1v) is 9.18. The monoisotopic (exact) mass is 358 g/mol. The van der Waals surface area contributed by atoms with Gasteiger partial charge in [-0.3, -0.25) is 9.59 Å². The van der Waals surface area contributed by atoms with E-state index in [1.165, 1.54) is 4.90 Å². The van der Waals surface area contributed by atoms with E-state index in [0.29, 0.717) is 13.1 Å². The van der Waals surface area contributed by atoms with Crippen molar-refractivity contribution in [1.29, 1.82) is 0 Å². The number of nitrogens with zero attached hydrogens (tertiary/aromatic N) is 2. The van der Waals surface area contributed by atoms with Gasteiger partial charge in [-0.2, -0.15) is 0 Å². The molecule has 26 heavy (non-hydrogen) atoms. The molecule has 1 saturated carbocycles. The van der Waals surface area contributed by atoms with Crippen molar-refractivity contribution in [3.05, 3.63) is 30.3 Å². The highest BCUT2D eigenvalue weighted by atomic mass is 16.2. The van der Waals surface area contributed by atoms with Crippen LogP contribution in [0.4, 0.5) is 10.5 Å². The highest BCUT2D eigenvalue weighted by Crippen LogP contribution is 2.20. The Morgan fingerprint density at radius 3 is 2.58 bits per heavy atom. The predicted octanol–water partition coefficient (Wildman–Crippen LogP) is 1.67. The van der Waals surface area contributed by atoms with Crippen molar-refractivity contribution in [2.75, 3.05) is 32.0 Å². The Bertz CT molecular complexity index is 660. The van der Waals surface area contributed by atoms with Gasteiger partial charge in [0.2, 0.25) is 11.8 Å². The van der Waals surface area contributed by atoms with Gasteiger partial charge in [-0.25, -0.2) is 4.79 Å². The first-order chi connectivity index (χ1) is 12.5. The van der Waals surface area contributed by atoms with E-state index in [4.69, 9.17) is 0 Å². The number of nitrogens with one attached hydrogen (secondary N) is 2. The number of amides is 4. The second-order valence-corrected chi connectivity index (χ2v) is 7.12. The third kappa shape index (κ3) is 4.97. The number of anilines is 1. The molecule has 1 aromatic carbocycles. The van der Waals surface area contributed by atoms with E-state index in [2.05, 4.69) is 10.6 Å². The van der Waals surface area contributed by atoms with Crippen LogP contribution in [-0.2, 0) is 9.59 Å². The third-order valence-electron chi connectivity index (χ3n) is 4.78. The Kier molecular flexibility index (Phi) is 5.75. The molecule has 7 nitrogen and oxygen atoms in total. The van der Waals surface area contributed by atoms with Crippen molar-refractivity contribution in [3.63, 3.8) is 0 Å². The van der Waals surface area contributed by atoms with Gasteiger partial charge in [0.05, 0.1) is 12.5 Å². The molecule has 1 atom stereocenters. The average Bonchev–Trinajstić information content (AvgIpc) is 3.45. The third-order valence-corrected chi connectivity index (χ3v) is 4.78. The van der Waals surface area contributed by atoms with Crippen molar-refractivity contribution < 1.29 is 14.4 Å². The topological polar surface area (TPSA) is 81.8 Å². The minimum atomic E-state index is -0.260. The molecule has 0 bridgehead atoms. The van der Waals surface area contributed by atoms with Crippen LogP contribution >= 0.6 is 0 Å². The maximum Gasteiger partial charge on any atom is 0.321 e. The Hall–Kier alpha value is -2.57. The molecule has 3 rings (SSSR count). The van der Waals surface area contributed by atoms with Crippen LogP contribution in [0.25, 0.3) is 0 Å². The fraction of sp³-hybridized carbons (Fsp3) is 0.526. The molecule has 1 aliphatic carbocycles. The lowest BCUT2D eigenvalue weighted by atomic mass is 9.97.